The molecule has 4 N–H and O–H groups in total. The highest BCUT2D eigenvalue weighted by Crippen LogP contribution is 2.37. The molecule has 216 valence electrons. The second kappa shape index (κ2) is 12.8. The van der Waals surface area contributed by atoms with Gasteiger partial charge in [0, 0.05) is 23.7 Å². The summed E-state index contributed by atoms with van der Waals surface area (Å²) >= 11 is 8.06. The molecule has 1 amide bonds. The van der Waals surface area contributed by atoms with E-state index in [1.54, 1.807) is 50.6 Å². The molecule has 10 nitrogen and oxygen atoms in total. The smallest absolute Gasteiger partial charge is 0.248 e. The minimum absolute atomic E-state index is 0.170. The van der Waals surface area contributed by atoms with E-state index in [0.29, 0.717) is 22.0 Å². The van der Waals surface area contributed by atoms with E-state index in [2.05, 4.69) is 15.1 Å². The number of sulfonamides is 1. The molecule has 0 spiro atoms. The maximum Gasteiger partial charge on any atom is 0.248 e. The van der Waals surface area contributed by atoms with Crippen molar-refractivity contribution in [2.75, 3.05) is 29.6 Å². The summed E-state index contributed by atoms with van der Waals surface area (Å²) in [5, 5.41) is 25.1. The number of carbonyl (C=O) groups is 1. The van der Waals surface area contributed by atoms with Crippen LogP contribution in [0.3, 0.4) is 0 Å². The van der Waals surface area contributed by atoms with Gasteiger partial charge in [-0.3, -0.25) is 9.52 Å². The lowest BCUT2D eigenvalue weighted by Gasteiger charge is -2.27. The molecule has 3 aromatic carbocycles. The van der Waals surface area contributed by atoms with Crippen LogP contribution >= 0.6 is 22.9 Å². The molecule has 0 aliphatic heterocycles. The van der Waals surface area contributed by atoms with Crippen molar-refractivity contribution >= 4 is 50.2 Å². The Morgan fingerprint density at radius 1 is 1.15 bits per heavy atom. The first-order chi connectivity index (χ1) is 19.5. The van der Waals surface area contributed by atoms with E-state index >= 15 is 0 Å². The maximum atomic E-state index is 13.8. The number of hydrazine groups is 1. The first-order valence-corrected chi connectivity index (χ1v) is 15.6. The minimum atomic E-state index is -3.75. The Labute approximate surface area is 247 Å². The lowest BCUT2D eigenvalue weighted by molar-refractivity contribution is -0.120. The summed E-state index contributed by atoms with van der Waals surface area (Å²) in [4.78, 5) is 18.1. The summed E-state index contributed by atoms with van der Waals surface area (Å²) in [6, 6.07) is 15.2. The van der Waals surface area contributed by atoms with Crippen molar-refractivity contribution < 1.29 is 28.2 Å². The first kappa shape index (κ1) is 30.1. The standard InChI is InChI=1S/C28H29ClN4O6S2/c1-17(18-4-8-21(39-2)9-5-18)28(36)33(20-7-10-22(23(29)16-20)27-30-14-15-40-27)31-13-12-19-6-11-24(34)25(26(19)35)32-41(3,37)38/h4-11,14-17,31-32,34-35H,12-13H2,1-3H3. The molecule has 1 atom stereocenters. The van der Waals surface area contributed by atoms with Gasteiger partial charge in [-0.25, -0.2) is 23.8 Å². The SMILES string of the molecule is COc1ccc(C(C)C(=O)N(NCCc2ccc(O)c(NS(C)(=O)=O)c2O)c2ccc(-c3nccs3)c(Cl)c2)cc1. The van der Waals surface area contributed by atoms with Gasteiger partial charge in [0.15, 0.2) is 0 Å². The number of thiazole rings is 1. The number of carbonyl (C=O) groups excluding carboxylic acids is 1. The van der Waals surface area contributed by atoms with E-state index in [-0.39, 0.29) is 24.6 Å². The van der Waals surface area contributed by atoms with Crippen LogP contribution in [0, 0.1) is 0 Å². The van der Waals surface area contributed by atoms with Crippen molar-refractivity contribution in [1.82, 2.24) is 10.4 Å². The number of benzene rings is 3. The van der Waals surface area contributed by atoms with Gasteiger partial charge in [0.1, 0.15) is 27.9 Å². The number of aromatic nitrogens is 1. The molecule has 0 saturated carbocycles. The normalized spacial score (nSPS) is 12.1. The summed E-state index contributed by atoms with van der Waals surface area (Å²) in [6.07, 6.45) is 2.79. The third kappa shape index (κ3) is 7.27. The molecule has 4 aromatic rings. The van der Waals surface area contributed by atoms with Gasteiger partial charge in [0.2, 0.25) is 15.9 Å². The molecule has 4 rings (SSSR count). The quantitative estimate of drug-likeness (QED) is 0.134. The van der Waals surface area contributed by atoms with Crippen LogP contribution in [0.25, 0.3) is 10.6 Å². The van der Waals surface area contributed by atoms with Gasteiger partial charge in [0.05, 0.1) is 30.0 Å². The number of nitrogens with zero attached hydrogens (tertiary/aromatic N) is 2. The lowest BCUT2D eigenvalue weighted by Crippen LogP contribution is -2.46. The predicted molar refractivity (Wildman–Crippen MR) is 161 cm³/mol. The van der Waals surface area contributed by atoms with Crippen molar-refractivity contribution in [3.8, 4) is 27.8 Å². The van der Waals surface area contributed by atoms with Crippen LogP contribution in [0.15, 0.2) is 66.2 Å². The van der Waals surface area contributed by atoms with Crippen LogP contribution in [0.2, 0.25) is 5.02 Å². The average Bonchev–Trinajstić information content (AvgIpc) is 3.48. The number of hydrogen-bond acceptors (Lipinski definition) is 9. The lowest BCUT2D eigenvalue weighted by atomic mass is 9.99. The van der Waals surface area contributed by atoms with Crippen molar-refractivity contribution in [3.63, 3.8) is 0 Å². The zero-order valence-corrected chi connectivity index (χ0v) is 24.8. The topological polar surface area (TPSA) is 141 Å². The third-order valence-corrected chi connectivity index (χ3v) is 7.97. The van der Waals surface area contributed by atoms with Gasteiger partial charge in [-0.15, -0.1) is 11.3 Å². The number of phenolic OH excluding ortho intramolecular Hbond substituents is 2. The molecule has 1 unspecified atom stereocenters. The van der Waals surface area contributed by atoms with E-state index in [4.69, 9.17) is 16.3 Å². The highest BCUT2D eigenvalue weighted by atomic mass is 35.5. The monoisotopic (exact) mass is 616 g/mol. The number of amides is 1. The minimum Gasteiger partial charge on any atom is -0.506 e. The predicted octanol–water partition coefficient (Wildman–Crippen LogP) is 5.14. The summed E-state index contributed by atoms with van der Waals surface area (Å²) in [5.74, 6) is -0.949. The van der Waals surface area contributed by atoms with E-state index < -0.39 is 27.4 Å². The van der Waals surface area contributed by atoms with E-state index in [1.165, 1.54) is 28.5 Å². The van der Waals surface area contributed by atoms with Crippen LogP contribution in [0.4, 0.5) is 11.4 Å². The Morgan fingerprint density at radius 3 is 2.49 bits per heavy atom. The molecular weight excluding hydrogens is 588 g/mol. The number of nitrogens with one attached hydrogen (secondary N) is 2. The fraction of sp³-hybridized carbons (Fsp3) is 0.214. The molecule has 1 aromatic heterocycles. The highest BCUT2D eigenvalue weighted by molar-refractivity contribution is 7.92. The number of aromatic hydroxyl groups is 2. The molecule has 13 heteroatoms. The van der Waals surface area contributed by atoms with Crippen molar-refractivity contribution in [1.29, 1.82) is 0 Å². The summed E-state index contributed by atoms with van der Waals surface area (Å²) in [7, 11) is -2.18. The molecular formula is C28H29ClN4O6S2. The van der Waals surface area contributed by atoms with Crippen LogP contribution in [-0.4, -0.2) is 49.4 Å². The van der Waals surface area contributed by atoms with Gasteiger partial charge >= 0.3 is 0 Å². The van der Waals surface area contributed by atoms with Gasteiger partial charge in [-0.05, 0) is 60.9 Å². The molecule has 0 fully saturated rings. The Hall–Kier alpha value is -3.84. The Bertz CT molecular complexity index is 1630. The fourth-order valence-electron chi connectivity index (χ4n) is 4.11. The zero-order valence-electron chi connectivity index (χ0n) is 22.5. The van der Waals surface area contributed by atoms with E-state index in [1.807, 2.05) is 17.5 Å². The molecule has 1 heterocycles. The van der Waals surface area contributed by atoms with Crippen LogP contribution in [-0.2, 0) is 21.2 Å². The van der Waals surface area contributed by atoms with Crippen LogP contribution in [0.1, 0.15) is 24.0 Å². The number of methoxy groups -OCH3 is 1. The molecule has 41 heavy (non-hydrogen) atoms. The third-order valence-electron chi connectivity index (χ3n) is 6.27. The second-order valence-corrected chi connectivity index (χ2v) is 12.2. The van der Waals surface area contributed by atoms with Crippen molar-refractivity contribution in [3.05, 3.63) is 82.3 Å². The zero-order chi connectivity index (χ0) is 29.7. The van der Waals surface area contributed by atoms with Gasteiger partial charge in [0.25, 0.3) is 0 Å². The first-order valence-electron chi connectivity index (χ1n) is 12.4. The molecule has 0 radical (unpaired) electrons. The molecule has 0 aliphatic rings. The average molecular weight is 617 g/mol. The number of anilines is 2. The highest BCUT2D eigenvalue weighted by Gasteiger charge is 2.25. The van der Waals surface area contributed by atoms with Gasteiger partial charge in [-0.2, -0.15) is 0 Å². The van der Waals surface area contributed by atoms with E-state index in [9.17, 15) is 23.4 Å². The fourth-order valence-corrected chi connectivity index (χ4v) is 5.68. The Kier molecular flexibility index (Phi) is 9.38. The van der Waals surface area contributed by atoms with Crippen LogP contribution < -0.4 is 19.9 Å². The maximum absolute atomic E-state index is 13.8. The summed E-state index contributed by atoms with van der Waals surface area (Å²) < 4.78 is 30.7. The molecule has 0 bridgehead atoms. The van der Waals surface area contributed by atoms with Gasteiger partial charge < -0.3 is 14.9 Å². The molecule has 0 aliphatic carbocycles. The van der Waals surface area contributed by atoms with Crippen LogP contribution in [0.5, 0.6) is 17.2 Å². The van der Waals surface area contributed by atoms with E-state index in [0.717, 1.165) is 22.4 Å². The Balaban J connectivity index is 1.61. The number of halogens is 1. The molecule has 0 saturated heterocycles. The summed E-state index contributed by atoms with van der Waals surface area (Å²) in [6.45, 7) is 1.96. The van der Waals surface area contributed by atoms with Crippen molar-refractivity contribution in [2.24, 2.45) is 0 Å². The number of phenols is 2. The van der Waals surface area contributed by atoms with Crippen molar-refractivity contribution in [2.45, 2.75) is 19.3 Å². The summed E-state index contributed by atoms with van der Waals surface area (Å²) in [5.41, 5.74) is 5.18. The number of hydrogen-bond donors (Lipinski definition) is 4. The Morgan fingerprint density at radius 2 is 1.88 bits per heavy atom. The number of rotatable bonds is 11. The van der Waals surface area contributed by atoms with Gasteiger partial charge in [-0.1, -0.05) is 29.8 Å². The largest absolute Gasteiger partial charge is 0.506 e. The second-order valence-electron chi connectivity index (χ2n) is 9.17. The number of ether oxygens (including phenoxy) is 1.